The van der Waals surface area contributed by atoms with Gasteiger partial charge in [0.05, 0.1) is 12.1 Å². The van der Waals surface area contributed by atoms with Crippen molar-refractivity contribution in [1.82, 2.24) is 4.98 Å². The zero-order chi connectivity index (χ0) is 15.4. The Morgan fingerprint density at radius 1 is 1.19 bits per heavy atom. The smallest absolute Gasteiger partial charge is 0.120 e. The van der Waals surface area contributed by atoms with E-state index in [9.17, 15) is 0 Å². The number of fused-ring (bicyclic) bond motifs is 1. The minimum absolute atomic E-state index is 0.461. The lowest BCUT2D eigenvalue weighted by atomic mass is 10.0. The minimum Gasteiger partial charge on any atom is -0.493 e. The van der Waals surface area contributed by atoms with Crippen molar-refractivity contribution >= 4 is 10.9 Å². The van der Waals surface area contributed by atoms with Gasteiger partial charge in [-0.05, 0) is 61.6 Å². The van der Waals surface area contributed by atoms with Crippen LogP contribution in [0.5, 0.6) is 5.75 Å². The number of aryl methyl sites for hydroxylation is 1. The van der Waals surface area contributed by atoms with E-state index < -0.39 is 0 Å². The summed E-state index contributed by atoms with van der Waals surface area (Å²) in [6.07, 6.45) is 0.929. The average Bonchev–Trinajstić information content (AvgIpc) is 2.45. The monoisotopic (exact) mass is 286 g/mol. The fraction of sp³-hybridized carbons (Fsp3) is 0.500. The Morgan fingerprint density at radius 3 is 2.62 bits per heavy atom. The standard InChI is InChI=1S/C18H26N2O/c1-12(2)11-21-16-5-6-18-17(9-16)14(4)8-15(20-18)7-13(3)10-19/h5-6,8-9,12-13H,7,10-11,19H2,1-4H3. The number of nitrogens with two attached hydrogens (primary N) is 1. The first kappa shape index (κ1) is 15.8. The van der Waals surface area contributed by atoms with E-state index >= 15 is 0 Å². The maximum Gasteiger partial charge on any atom is 0.120 e. The van der Waals surface area contributed by atoms with Crippen LogP contribution in [0.2, 0.25) is 0 Å². The van der Waals surface area contributed by atoms with Crippen molar-refractivity contribution in [3.05, 3.63) is 35.5 Å². The lowest BCUT2D eigenvalue weighted by molar-refractivity contribution is 0.271. The summed E-state index contributed by atoms with van der Waals surface area (Å²) in [5.41, 5.74) is 9.10. The molecule has 2 rings (SSSR count). The number of aromatic nitrogens is 1. The van der Waals surface area contributed by atoms with Gasteiger partial charge in [0, 0.05) is 11.1 Å². The zero-order valence-corrected chi connectivity index (χ0v) is 13.5. The molecule has 3 heteroatoms. The first-order valence-electron chi connectivity index (χ1n) is 7.72. The topological polar surface area (TPSA) is 48.1 Å². The number of hydrogen-bond donors (Lipinski definition) is 1. The van der Waals surface area contributed by atoms with Crippen LogP contribution in [0.25, 0.3) is 10.9 Å². The molecule has 1 atom stereocenters. The van der Waals surface area contributed by atoms with Crippen LogP contribution in [-0.4, -0.2) is 18.1 Å². The van der Waals surface area contributed by atoms with Gasteiger partial charge in [0.2, 0.25) is 0 Å². The van der Waals surface area contributed by atoms with Crippen LogP contribution in [0.3, 0.4) is 0 Å². The van der Waals surface area contributed by atoms with Gasteiger partial charge < -0.3 is 10.5 Å². The second-order valence-corrected chi connectivity index (χ2v) is 6.36. The van der Waals surface area contributed by atoms with E-state index in [0.717, 1.165) is 30.0 Å². The molecule has 114 valence electrons. The predicted octanol–water partition coefficient (Wildman–Crippen LogP) is 3.72. The fourth-order valence-corrected chi connectivity index (χ4v) is 2.34. The van der Waals surface area contributed by atoms with Gasteiger partial charge >= 0.3 is 0 Å². The molecule has 21 heavy (non-hydrogen) atoms. The van der Waals surface area contributed by atoms with Crippen molar-refractivity contribution in [2.45, 2.75) is 34.1 Å². The molecular formula is C18H26N2O. The second-order valence-electron chi connectivity index (χ2n) is 6.36. The Bertz CT molecular complexity index is 607. The second kappa shape index (κ2) is 6.90. The summed E-state index contributed by atoms with van der Waals surface area (Å²) in [6.45, 7) is 10.0. The summed E-state index contributed by atoms with van der Waals surface area (Å²) in [7, 11) is 0. The molecule has 2 aromatic rings. The molecule has 0 aliphatic carbocycles. The largest absolute Gasteiger partial charge is 0.493 e. The van der Waals surface area contributed by atoms with E-state index in [1.807, 2.05) is 6.07 Å². The highest BCUT2D eigenvalue weighted by Gasteiger charge is 2.08. The summed E-state index contributed by atoms with van der Waals surface area (Å²) in [4.78, 5) is 4.75. The van der Waals surface area contributed by atoms with E-state index in [4.69, 9.17) is 15.5 Å². The van der Waals surface area contributed by atoms with E-state index in [2.05, 4.69) is 45.9 Å². The summed E-state index contributed by atoms with van der Waals surface area (Å²) < 4.78 is 5.80. The molecule has 0 spiro atoms. The molecule has 0 aliphatic heterocycles. The highest BCUT2D eigenvalue weighted by molar-refractivity contribution is 5.83. The normalized spacial score (nSPS) is 12.9. The van der Waals surface area contributed by atoms with Crippen molar-refractivity contribution < 1.29 is 4.74 Å². The Labute approximate surface area is 127 Å². The van der Waals surface area contributed by atoms with Gasteiger partial charge in [-0.2, -0.15) is 0 Å². The molecule has 1 aromatic carbocycles. The maximum absolute atomic E-state index is 5.80. The van der Waals surface area contributed by atoms with Gasteiger partial charge in [-0.1, -0.05) is 20.8 Å². The van der Waals surface area contributed by atoms with Crippen molar-refractivity contribution in [2.75, 3.05) is 13.2 Å². The Morgan fingerprint density at radius 2 is 1.95 bits per heavy atom. The first-order valence-corrected chi connectivity index (χ1v) is 7.72. The van der Waals surface area contributed by atoms with Crippen LogP contribution in [0, 0.1) is 18.8 Å². The van der Waals surface area contributed by atoms with Gasteiger partial charge in [0.15, 0.2) is 0 Å². The number of rotatable bonds is 6. The molecule has 3 nitrogen and oxygen atoms in total. The molecule has 0 amide bonds. The summed E-state index contributed by atoms with van der Waals surface area (Å²) in [6, 6.07) is 8.32. The summed E-state index contributed by atoms with van der Waals surface area (Å²) in [5, 5.41) is 1.17. The number of ether oxygens (including phenoxy) is 1. The Balaban J connectivity index is 2.27. The number of benzene rings is 1. The third-order valence-corrected chi connectivity index (χ3v) is 3.58. The molecular weight excluding hydrogens is 260 g/mol. The molecule has 0 radical (unpaired) electrons. The van der Waals surface area contributed by atoms with E-state index in [1.165, 1.54) is 10.9 Å². The molecule has 0 bridgehead atoms. The fourth-order valence-electron chi connectivity index (χ4n) is 2.34. The van der Waals surface area contributed by atoms with Crippen LogP contribution in [-0.2, 0) is 6.42 Å². The average molecular weight is 286 g/mol. The predicted molar refractivity (Wildman–Crippen MR) is 88.7 cm³/mol. The van der Waals surface area contributed by atoms with E-state index in [0.29, 0.717) is 18.4 Å². The maximum atomic E-state index is 5.80. The van der Waals surface area contributed by atoms with Crippen molar-refractivity contribution in [3.63, 3.8) is 0 Å². The molecule has 2 N–H and O–H groups in total. The third-order valence-electron chi connectivity index (χ3n) is 3.58. The molecule has 0 saturated carbocycles. The van der Waals surface area contributed by atoms with Crippen molar-refractivity contribution in [3.8, 4) is 5.75 Å². The molecule has 1 unspecified atom stereocenters. The van der Waals surface area contributed by atoms with Crippen LogP contribution in [0.15, 0.2) is 24.3 Å². The molecule has 0 fully saturated rings. The third kappa shape index (κ3) is 4.18. The quantitative estimate of drug-likeness (QED) is 0.880. The van der Waals surface area contributed by atoms with Crippen molar-refractivity contribution in [1.29, 1.82) is 0 Å². The summed E-state index contributed by atoms with van der Waals surface area (Å²) in [5.74, 6) is 1.91. The van der Waals surface area contributed by atoms with Crippen LogP contribution >= 0.6 is 0 Å². The highest BCUT2D eigenvalue weighted by Crippen LogP contribution is 2.24. The molecule has 0 aliphatic rings. The zero-order valence-electron chi connectivity index (χ0n) is 13.5. The number of hydrogen-bond acceptors (Lipinski definition) is 3. The van der Waals surface area contributed by atoms with Gasteiger partial charge in [-0.15, -0.1) is 0 Å². The van der Waals surface area contributed by atoms with Gasteiger partial charge in [-0.25, -0.2) is 0 Å². The van der Waals surface area contributed by atoms with Crippen molar-refractivity contribution in [2.24, 2.45) is 17.6 Å². The Hall–Kier alpha value is -1.61. The Kier molecular flexibility index (Phi) is 5.18. The van der Waals surface area contributed by atoms with Crippen LogP contribution in [0.1, 0.15) is 32.0 Å². The van der Waals surface area contributed by atoms with Gasteiger partial charge in [-0.3, -0.25) is 4.98 Å². The molecule has 1 heterocycles. The van der Waals surface area contributed by atoms with Gasteiger partial charge in [0.1, 0.15) is 5.75 Å². The van der Waals surface area contributed by atoms with Crippen LogP contribution in [0.4, 0.5) is 0 Å². The highest BCUT2D eigenvalue weighted by atomic mass is 16.5. The van der Waals surface area contributed by atoms with E-state index in [-0.39, 0.29) is 0 Å². The molecule has 0 saturated heterocycles. The number of nitrogens with zero attached hydrogens (tertiary/aromatic N) is 1. The first-order chi connectivity index (χ1) is 9.99. The van der Waals surface area contributed by atoms with Crippen LogP contribution < -0.4 is 10.5 Å². The number of pyridine rings is 1. The minimum atomic E-state index is 0.461. The summed E-state index contributed by atoms with van der Waals surface area (Å²) >= 11 is 0. The lowest BCUT2D eigenvalue weighted by Gasteiger charge is -2.12. The van der Waals surface area contributed by atoms with E-state index in [1.54, 1.807) is 0 Å². The van der Waals surface area contributed by atoms with Gasteiger partial charge in [0.25, 0.3) is 0 Å². The molecule has 1 aromatic heterocycles. The lowest BCUT2D eigenvalue weighted by Crippen LogP contribution is -2.14. The SMILES string of the molecule is Cc1cc(CC(C)CN)nc2ccc(OCC(C)C)cc12.